The zero-order valence-electron chi connectivity index (χ0n) is 13.9. The summed E-state index contributed by atoms with van der Waals surface area (Å²) < 4.78 is 10.9. The molecule has 0 aliphatic carbocycles. The fourth-order valence-electron chi connectivity index (χ4n) is 2.09. The summed E-state index contributed by atoms with van der Waals surface area (Å²) in [6.45, 7) is 6.54. The first-order valence-corrected chi connectivity index (χ1v) is 7.48. The van der Waals surface area contributed by atoms with E-state index < -0.39 is 0 Å². The Balaban J connectivity index is 2.02. The summed E-state index contributed by atoms with van der Waals surface area (Å²) in [5, 5.41) is 0. The van der Waals surface area contributed by atoms with E-state index in [0.717, 1.165) is 11.4 Å². The van der Waals surface area contributed by atoms with Crippen molar-refractivity contribution in [3.8, 4) is 24.0 Å². The standard InChI is InChI=1S/C18H21N3O2/c1-6-15-9-19-14(4)21-18(15)23-11-12(2)13(3)17-8-7-16(22-5)10-20-17/h1,7-10,12-13H,11H2,2-5H3/t12-,13+/m1/s1. The van der Waals surface area contributed by atoms with Crippen LogP contribution in [0.1, 0.15) is 36.8 Å². The number of hydrogen-bond acceptors (Lipinski definition) is 5. The number of pyridine rings is 1. The number of nitrogens with zero attached hydrogens (tertiary/aromatic N) is 3. The Labute approximate surface area is 137 Å². The Kier molecular flexibility index (Phi) is 5.53. The zero-order chi connectivity index (χ0) is 16.8. The van der Waals surface area contributed by atoms with Crippen LogP contribution < -0.4 is 9.47 Å². The number of methoxy groups -OCH3 is 1. The van der Waals surface area contributed by atoms with E-state index in [2.05, 4.69) is 34.7 Å². The van der Waals surface area contributed by atoms with E-state index in [-0.39, 0.29) is 11.8 Å². The number of hydrogen-bond donors (Lipinski definition) is 0. The third kappa shape index (κ3) is 4.19. The van der Waals surface area contributed by atoms with E-state index in [1.165, 1.54) is 0 Å². The lowest BCUT2D eigenvalue weighted by Gasteiger charge is -2.20. The fraction of sp³-hybridized carbons (Fsp3) is 0.389. The van der Waals surface area contributed by atoms with Crippen molar-refractivity contribution in [2.24, 2.45) is 5.92 Å². The Morgan fingerprint density at radius 3 is 2.61 bits per heavy atom. The summed E-state index contributed by atoms with van der Waals surface area (Å²) in [6, 6.07) is 3.89. The normalized spacial score (nSPS) is 13.0. The number of aryl methyl sites for hydroxylation is 1. The van der Waals surface area contributed by atoms with Gasteiger partial charge in [-0.05, 0) is 25.0 Å². The molecule has 0 aliphatic rings. The van der Waals surface area contributed by atoms with Gasteiger partial charge in [0, 0.05) is 11.6 Å². The van der Waals surface area contributed by atoms with Gasteiger partial charge in [-0.15, -0.1) is 6.42 Å². The summed E-state index contributed by atoms with van der Waals surface area (Å²) >= 11 is 0. The molecular formula is C18H21N3O2. The van der Waals surface area contributed by atoms with E-state index in [1.807, 2.05) is 12.1 Å². The maximum absolute atomic E-state index is 5.81. The highest BCUT2D eigenvalue weighted by Gasteiger charge is 2.17. The molecule has 0 saturated carbocycles. The van der Waals surface area contributed by atoms with E-state index in [1.54, 1.807) is 26.4 Å². The highest BCUT2D eigenvalue weighted by atomic mass is 16.5. The average molecular weight is 311 g/mol. The molecule has 0 aliphatic heterocycles. The molecule has 0 saturated heterocycles. The second-order valence-electron chi connectivity index (χ2n) is 5.48. The van der Waals surface area contributed by atoms with Gasteiger partial charge in [-0.1, -0.05) is 19.8 Å². The van der Waals surface area contributed by atoms with Gasteiger partial charge < -0.3 is 9.47 Å². The van der Waals surface area contributed by atoms with Crippen molar-refractivity contribution < 1.29 is 9.47 Å². The van der Waals surface area contributed by atoms with Crippen molar-refractivity contribution in [3.63, 3.8) is 0 Å². The molecular weight excluding hydrogens is 290 g/mol. The first-order chi connectivity index (χ1) is 11.0. The van der Waals surface area contributed by atoms with Gasteiger partial charge in [-0.2, -0.15) is 4.98 Å². The Morgan fingerprint density at radius 2 is 2.00 bits per heavy atom. The molecule has 5 heteroatoms. The third-order valence-corrected chi connectivity index (χ3v) is 3.83. The molecule has 2 aromatic rings. The lowest BCUT2D eigenvalue weighted by atomic mass is 9.93. The highest BCUT2D eigenvalue weighted by Crippen LogP contribution is 2.25. The fourth-order valence-corrected chi connectivity index (χ4v) is 2.09. The summed E-state index contributed by atoms with van der Waals surface area (Å²) in [4.78, 5) is 12.8. The molecule has 2 rings (SSSR count). The SMILES string of the molecule is C#Cc1cnc(C)nc1OC[C@@H](C)[C@H](C)c1ccc(OC)cn1. The maximum Gasteiger partial charge on any atom is 0.232 e. The van der Waals surface area contributed by atoms with Crippen molar-refractivity contribution in [1.82, 2.24) is 15.0 Å². The summed E-state index contributed by atoms with van der Waals surface area (Å²) in [5.74, 6) is 4.87. The quantitative estimate of drug-likeness (QED) is 0.768. The van der Waals surface area contributed by atoms with Crippen LogP contribution in [0.2, 0.25) is 0 Å². The Morgan fingerprint density at radius 1 is 1.22 bits per heavy atom. The largest absolute Gasteiger partial charge is 0.495 e. The van der Waals surface area contributed by atoms with Gasteiger partial charge in [0.05, 0.1) is 26.1 Å². The Hall–Kier alpha value is -2.61. The van der Waals surface area contributed by atoms with Gasteiger partial charge in [0.2, 0.25) is 5.88 Å². The van der Waals surface area contributed by atoms with Crippen molar-refractivity contribution >= 4 is 0 Å². The Bertz CT molecular complexity index is 692. The van der Waals surface area contributed by atoms with Crippen LogP contribution in [0.3, 0.4) is 0 Å². The van der Waals surface area contributed by atoms with Crippen LogP contribution in [0.4, 0.5) is 0 Å². The molecule has 0 unspecified atom stereocenters. The van der Waals surface area contributed by atoms with E-state index in [9.17, 15) is 0 Å². The van der Waals surface area contributed by atoms with Crippen LogP contribution in [0, 0.1) is 25.2 Å². The average Bonchev–Trinajstić information content (AvgIpc) is 2.59. The number of ether oxygens (including phenoxy) is 2. The molecule has 0 amide bonds. The monoisotopic (exact) mass is 311 g/mol. The van der Waals surface area contributed by atoms with Crippen molar-refractivity contribution in [2.75, 3.05) is 13.7 Å². The lowest BCUT2D eigenvalue weighted by Crippen LogP contribution is -2.17. The highest BCUT2D eigenvalue weighted by molar-refractivity contribution is 5.38. The number of terminal acetylenes is 1. The minimum absolute atomic E-state index is 0.234. The lowest BCUT2D eigenvalue weighted by molar-refractivity contribution is 0.231. The molecule has 120 valence electrons. The molecule has 2 aromatic heterocycles. The molecule has 0 spiro atoms. The molecule has 5 nitrogen and oxygen atoms in total. The van der Waals surface area contributed by atoms with Crippen molar-refractivity contribution in [3.05, 3.63) is 41.6 Å². The van der Waals surface area contributed by atoms with Crippen LogP contribution in [0.25, 0.3) is 0 Å². The van der Waals surface area contributed by atoms with Gasteiger partial charge in [0.1, 0.15) is 17.1 Å². The molecule has 23 heavy (non-hydrogen) atoms. The van der Waals surface area contributed by atoms with Crippen molar-refractivity contribution in [2.45, 2.75) is 26.7 Å². The minimum Gasteiger partial charge on any atom is -0.495 e. The van der Waals surface area contributed by atoms with Crippen LogP contribution >= 0.6 is 0 Å². The molecule has 2 atom stereocenters. The summed E-state index contributed by atoms with van der Waals surface area (Å²) in [5.41, 5.74) is 1.57. The summed E-state index contributed by atoms with van der Waals surface area (Å²) in [6.07, 6.45) is 8.79. The minimum atomic E-state index is 0.234. The molecule has 0 radical (unpaired) electrons. The molecule has 0 fully saturated rings. The van der Waals surface area contributed by atoms with Gasteiger partial charge >= 0.3 is 0 Å². The second kappa shape index (κ2) is 7.59. The number of aromatic nitrogens is 3. The van der Waals surface area contributed by atoms with Crippen LogP contribution in [-0.4, -0.2) is 28.7 Å². The van der Waals surface area contributed by atoms with Gasteiger partial charge in [-0.25, -0.2) is 4.98 Å². The molecule has 0 N–H and O–H groups in total. The van der Waals surface area contributed by atoms with Crippen LogP contribution in [0.15, 0.2) is 24.5 Å². The third-order valence-electron chi connectivity index (χ3n) is 3.83. The maximum atomic E-state index is 5.81. The molecule has 0 aromatic carbocycles. The smallest absolute Gasteiger partial charge is 0.232 e. The van der Waals surface area contributed by atoms with Gasteiger partial charge in [0.15, 0.2) is 0 Å². The topological polar surface area (TPSA) is 57.1 Å². The number of rotatable bonds is 6. The zero-order valence-corrected chi connectivity index (χ0v) is 13.9. The summed E-state index contributed by atoms with van der Waals surface area (Å²) in [7, 11) is 1.63. The van der Waals surface area contributed by atoms with E-state index in [0.29, 0.717) is 23.9 Å². The second-order valence-corrected chi connectivity index (χ2v) is 5.48. The van der Waals surface area contributed by atoms with Crippen molar-refractivity contribution in [1.29, 1.82) is 0 Å². The molecule has 2 heterocycles. The first-order valence-electron chi connectivity index (χ1n) is 7.48. The van der Waals surface area contributed by atoms with E-state index in [4.69, 9.17) is 15.9 Å². The predicted molar refractivity (Wildman–Crippen MR) is 88.6 cm³/mol. The predicted octanol–water partition coefficient (Wildman–Crippen LogP) is 2.99. The first kappa shape index (κ1) is 16.8. The molecule has 0 bridgehead atoms. The van der Waals surface area contributed by atoms with Crippen LogP contribution in [0.5, 0.6) is 11.6 Å². The van der Waals surface area contributed by atoms with E-state index >= 15 is 0 Å². The van der Waals surface area contributed by atoms with Gasteiger partial charge in [0.25, 0.3) is 0 Å². The van der Waals surface area contributed by atoms with Gasteiger partial charge in [-0.3, -0.25) is 4.98 Å². The van der Waals surface area contributed by atoms with Crippen LogP contribution in [-0.2, 0) is 0 Å².